The lowest BCUT2D eigenvalue weighted by molar-refractivity contribution is -0.118. The zero-order chi connectivity index (χ0) is 12.0. The number of aliphatic hydroxyl groups is 1. The number of amides is 1. The molecule has 0 saturated heterocycles. The van der Waals surface area contributed by atoms with Gasteiger partial charge in [0.05, 0.1) is 11.9 Å². The molecule has 1 rings (SSSR count). The highest BCUT2D eigenvalue weighted by atomic mass is 32.2. The van der Waals surface area contributed by atoms with Gasteiger partial charge in [-0.3, -0.25) is 4.79 Å². The van der Waals surface area contributed by atoms with E-state index >= 15 is 0 Å². The van der Waals surface area contributed by atoms with Gasteiger partial charge in [-0.2, -0.15) is 0 Å². The highest BCUT2D eigenvalue weighted by molar-refractivity contribution is 8.00. The summed E-state index contributed by atoms with van der Waals surface area (Å²) in [6.07, 6.45) is 3.75. The Morgan fingerprint density at radius 1 is 1.38 bits per heavy atom. The number of carbonyl (C=O) groups excluding carboxylic acids is 1. The maximum absolute atomic E-state index is 11.5. The molecule has 4 heteroatoms. The van der Waals surface area contributed by atoms with E-state index in [1.165, 1.54) is 0 Å². The Hall–Kier alpha value is -0.220. The minimum atomic E-state index is -0.108. The highest BCUT2D eigenvalue weighted by Gasteiger charge is 2.19. The number of carbonyl (C=O) groups is 1. The van der Waals surface area contributed by atoms with Crippen LogP contribution in [0.25, 0.3) is 0 Å². The van der Waals surface area contributed by atoms with Gasteiger partial charge in [-0.15, -0.1) is 11.8 Å². The number of aliphatic hydroxyl groups excluding tert-OH is 1. The fourth-order valence-corrected chi connectivity index (χ4v) is 2.49. The fourth-order valence-electron chi connectivity index (χ4n) is 1.90. The van der Waals surface area contributed by atoms with Crippen molar-refractivity contribution >= 4 is 17.7 Å². The van der Waals surface area contributed by atoms with Gasteiger partial charge in [0.2, 0.25) is 5.91 Å². The third kappa shape index (κ3) is 5.75. The zero-order valence-corrected chi connectivity index (χ0v) is 11.1. The molecule has 1 amide bonds. The molecule has 0 aromatic carbocycles. The summed E-state index contributed by atoms with van der Waals surface area (Å²) < 4.78 is 0. The van der Waals surface area contributed by atoms with Crippen LogP contribution in [0.5, 0.6) is 0 Å². The van der Waals surface area contributed by atoms with Crippen molar-refractivity contribution in [1.82, 2.24) is 5.32 Å². The first-order chi connectivity index (χ1) is 7.58. The van der Waals surface area contributed by atoms with Crippen molar-refractivity contribution in [3.63, 3.8) is 0 Å². The van der Waals surface area contributed by atoms with Crippen molar-refractivity contribution < 1.29 is 9.90 Å². The quantitative estimate of drug-likeness (QED) is 0.776. The molecule has 0 bridgehead atoms. The van der Waals surface area contributed by atoms with Crippen LogP contribution in [-0.2, 0) is 4.79 Å². The predicted octanol–water partition coefficient (Wildman–Crippen LogP) is 1.80. The fraction of sp³-hybridized carbons (Fsp3) is 0.917. The molecule has 0 aliphatic heterocycles. The summed E-state index contributed by atoms with van der Waals surface area (Å²) in [4.78, 5) is 11.5. The second kappa shape index (κ2) is 7.17. The lowest BCUT2D eigenvalue weighted by Gasteiger charge is -2.25. The Bertz CT molecular complexity index is 213. The maximum Gasteiger partial charge on any atom is 0.230 e. The predicted molar refractivity (Wildman–Crippen MR) is 68.6 cm³/mol. The normalized spacial score (nSPS) is 25.8. The molecule has 0 aromatic rings. The molecule has 3 nitrogen and oxygen atoms in total. The van der Waals surface area contributed by atoms with Gasteiger partial charge >= 0.3 is 0 Å². The Balaban J connectivity index is 2.07. The molecule has 0 spiro atoms. The van der Waals surface area contributed by atoms with Crippen molar-refractivity contribution in [1.29, 1.82) is 0 Å². The molecule has 0 unspecified atom stereocenters. The molecular formula is C12H23NO2S. The largest absolute Gasteiger partial charge is 0.393 e. The monoisotopic (exact) mass is 245 g/mol. The first-order valence-electron chi connectivity index (χ1n) is 6.14. The lowest BCUT2D eigenvalue weighted by Crippen LogP contribution is -2.33. The van der Waals surface area contributed by atoms with Gasteiger partial charge in [-0.1, -0.05) is 13.8 Å². The molecule has 1 aliphatic carbocycles. The second-order valence-corrected chi connectivity index (χ2v) is 6.40. The topological polar surface area (TPSA) is 49.3 Å². The third-order valence-corrected chi connectivity index (χ3v) is 4.05. The van der Waals surface area contributed by atoms with Crippen LogP contribution in [0.3, 0.4) is 0 Å². The first kappa shape index (κ1) is 13.8. The van der Waals surface area contributed by atoms with Gasteiger partial charge < -0.3 is 10.4 Å². The Kier molecular flexibility index (Phi) is 6.21. The summed E-state index contributed by atoms with van der Waals surface area (Å²) in [6.45, 7) is 4.98. The van der Waals surface area contributed by atoms with Crippen LogP contribution in [0, 0.1) is 5.92 Å². The molecule has 1 aliphatic rings. The Labute approximate surface area is 102 Å². The molecule has 94 valence electrons. The van der Waals surface area contributed by atoms with Crippen molar-refractivity contribution in [2.45, 2.75) is 50.9 Å². The number of nitrogens with one attached hydrogen (secondary N) is 1. The van der Waals surface area contributed by atoms with Crippen LogP contribution >= 0.6 is 11.8 Å². The molecule has 0 radical (unpaired) electrons. The summed E-state index contributed by atoms with van der Waals surface area (Å²) in [6, 6.07) is 0. The van der Waals surface area contributed by atoms with Crippen molar-refractivity contribution in [3.8, 4) is 0 Å². The van der Waals surface area contributed by atoms with Crippen molar-refractivity contribution in [2.75, 3.05) is 12.3 Å². The highest BCUT2D eigenvalue weighted by Crippen LogP contribution is 2.23. The number of hydrogen-bond donors (Lipinski definition) is 2. The smallest absolute Gasteiger partial charge is 0.230 e. The van der Waals surface area contributed by atoms with Crippen molar-refractivity contribution in [3.05, 3.63) is 0 Å². The van der Waals surface area contributed by atoms with Gasteiger partial charge in [-0.25, -0.2) is 0 Å². The van der Waals surface area contributed by atoms with E-state index in [4.69, 9.17) is 0 Å². The Morgan fingerprint density at radius 2 is 2.00 bits per heavy atom. The van der Waals surface area contributed by atoms with E-state index in [1.807, 2.05) is 0 Å². The van der Waals surface area contributed by atoms with Crippen LogP contribution in [0.4, 0.5) is 0 Å². The van der Waals surface area contributed by atoms with E-state index in [0.717, 1.165) is 32.2 Å². The summed E-state index contributed by atoms with van der Waals surface area (Å²) >= 11 is 1.67. The molecule has 2 N–H and O–H groups in total. The van der Waals surface area contributed by atoms with Gasteiger partial charge in [0.25, 0.3) is 0 Å². The Morgan fingerprint density at radius 3 is 2.56 bits per heavy atom. The number of hydrogen-bond acceptors (Lipinski definition) is 3. The van der Waals surface area contributed by atoms with Gasteiger partial charge in [0.1, 0.15) is 0 Å². The SMILES string of the molecule is CC(C)SCC(=O)NCC1CCC(O)CC1. The van der Waals surface area contributed by atoms with E-state index in [9.17, 15) is 9.90 Å². The van der Waals surface area contributed by atoms with Crippen LogP contribution < -0.4 is 5.32 Å². The molecule has 0 atom stereocenters. The van der Waals surface area contributed by atoms with Crippen LogP contribution in [0.15, 0.2) is 0 Å². The van der Waals surface area contributed by atoms with E-state index in [0.29, 0.717) is 16.9 Å². The van der Waals surface area contributed by atoms with Gasteiger partial charge in [0, 0.05) is 6.54 Å². The molecular weight excluding hydrogens is 222 g/mol. The molecule has 1 saturated carbocycles. The van der Waals surface area contributed by atoms with Gasteiger partial charge in [-0.05, 0) is 36.9 Å². The summed E-state index contributed by atoms with van der Waals surface area (Å²) in [5, 5.41) is 12.8. The summed E-state index contributed by atoms with van der Waals surface area (Å²) in [7, 11) is 0. The maximum atomic E-state index is 11.5. The summed E-state index contributed by atoms with van der Waals surface area (Å²) in [5.41, 5.74) is 0. The number of thioether (sulfide) groups is 1. The standard InChI is InChI=1S/C12H23NO2S/c1-9(2)16-8-12(15)13-7-10-3-5-11(14)6-4-10/h9-11,14H,3-8H2,1-2H3,(H,13,15). The average Bonchev–Trinajstić information content (AvgIpc) is 2.25. The third-order valence-electron chi connectivity index (χ3n) is 2.95. The first-order valence-corrected chi connectivity index (χ1v) is 7.19. The lowest BCUT2D eigenvalue weighted by atomic mass is 9.87. The second-order valence-electron chi connectivity index (χ2n) is 4.84. The molecule has 1 fully saturated rings. The summed E-state index contributed by atoms with van der Waals surface area (Å²) in [5.74, 6) is 1.27. The number of rotatable bonds is 5. The van der Waals surface area contributed by atoms with Crippen LogP contribution in [0.2, 0.25) is 0 Å². The minimum Gasteiger partial charge on any atom is -0.393 e. The molecule has 16 heavy (non-hydrogen) atoms. The van der Waals surface area contributed by atoms with Crippen LogP contribution in [-0.4, -0.2) is 34.7 Å². The van der Waals surface area contributed by atoms with Crippen LogP contribution in [0.1, 0.15) is 39.5 Å². The van der Waals surface area contributed by atoms with E-state index in [2.05, 4.69) is 19.2 Å². The van der Waals surface area contributed by atoms with E-state index < -0.39 is 0 Å². The van der Waals surface area contributed by atoms with Gasteiger partial charge in [0.15, 0.2) is 0 Å². The van der Waals surface area contributed by atoms with E-state index in [-0.39, 0.29) is 12.0 Å². The average molecular weight is 245 g/mol. The van der Waals surface area contributed by atoms with Crippen molar-refractivity contribution in [2.24, 2.45) is 5.92 Å². The molecule has 0 aromatic heterocycles. The van der Waals surface area contributed by atoms with E-state index in [1.54, 1.807) is 11.8 Å². The minimum absolute atomic E-state index is 0.108. The zero-order valence-electron chi connectivity index (χ0n) is 10.2. The molecule has 0 heterocycles.